The third kappa shape index (κ3) is 3.20. The molecule has 2 heterocycles. The second kappa shape index (κ2) is 5.53. The topological polar surface area (TPSA) is 49.8 Å². The highest BCUT2D eigenvalue weighted by Gasteiger charge is 2.19. The van der Waals surface area contributed by atoms with Crippen LogP contribution in [0.2, 0.25) is 0 Å². The molecule has 2 rings (SSSR count). The lowest BCUT2D eigenvalue weighted by molar-refractivity contribution is 0.376. The Morgan fingerprint density at radius 2 is 2.17 bits per heavy atom. The van der Waals surface area contributed by atoms with Crippen molar-refractivity contribution in [2.24, 2.45) is 5.41 Å². The number of hydrogen-bond acceptors (Lipinski definition) is 4. The van der Waals surface area contributed by atoms with Crippen LogP contribution in [-0.4, -0.2) is 23.1 Å². The highest BCUT2D eigenvalue weighted by molar-refractivity contribution is 9.10. The van der Waals surface area contributed by atoms with Gasteiger partial charge < -0.3 is 10.6 Å². The van der Waals surface area contributed by atoms with Crippen molar-refractivity contribution in [2.75, 3.05) is 18.4 Å². The molecule has 0 unspecified atom stereocenters. The van der Waals surface area contributed by atoms with Crippen LogP contribution in [0, 0.1) is 5.41 Å². The highest BCUT2D eigenvalue weighted by atomic mass is 79.9. The van der Waals surface area contributed by atoms with Crippen LogP contribution in [0.1, 0.15) is 38.4 Å². The van der Waals surface area contributed by atoms with E-state index in [0.717, 1.165) is 44.0 Å². The van der Waals surface area contributed by atoms with E-state index in [1.807, 2.05) is 0 Å². The van der Waals surface area contributed by atoms with Crippen molar-refractivity contribution in [1.29, 1.82) is 0 Å². The lowest BCUT2D eigenvalue weighted by Crippen LogP contribution is -2.28. The first-order valence-corrected chi connectivity index (χ1v) is 7.31. The zero-order valence-electron chi connectivity index (χ0n) is 11.3. The van der Waals surface area contributed by atoms with Crippen molar-refractivity contribution < 1.29 is 0 Å². The van der Waals surface area contributed by atoms with E-state index in [0.29, 0.717) is 4.73 Å². The van der Waals surface area contributed by atoms with Crippen LogP contribution in [0.15, 0.2) is 4.73 Å². The molecule has 0 amide bonds. The number of nitrogens with one attached hydrogen (secondary N) is 2. The number of hydrogen-bond donors (Lipinski definition) is 2. The molecular formula is C13H21BrN4. The summed E-state index contributed by atoms with van der Waals surface area (Å²) in [5, 5.41) is 6.86. The Balaban J connectivity index is 2.19. The van der Waals surface area contributed by atoms with E-state index < -0.39 is 0 Å². The lowest BCUT2D eigenvalue weighted by atomic mass is 9.90. The zero-order chi connectivity index (χ0) is 13.2. The van der Waals surface area contributed by atoms with Crippen molar-refractivity contribution >= 4 is 21.7 Å². The number of fused-ring (bicyclic) bond motifs is 1. The first-order chi connectivity index (χ1) is 8.52. The summed E-state index contributed by atoms with van der Waals surface area (Å²) < 4.78 is 0.681. The Labute approximate surface area is 117 Å². The molecule has 1 aliphatic rings. The van der Waals surface area contributed by atoms with Crippen LogP contribution < -0.4 is 10.6 Å². The van der Waals surface area contributed by atoms with Gasteiger partial charge in [0.15, 0.2) is 4.73 Å². The molecular weight excluding hydrogens is 292 g/mol. The standard InChI is InChI=1S/C13H21BrN4/c1-4-13(2,3)8-16-11-9-7-15-6-5-10(9)17-12(14)18-11/h15H,4-8H2,1-3H3,(H,16,17,18). The molecule has 4 nitrogen and oxygen atoms in total. The molecule has 0 spiro atoms. The summed E-state index contributed by atoms with van der Waals surface area (Å²) in [4.78, 5) is 8.94. The fourth-order valence-corrected chi connectivity index (χ4v) is 2.30. The van der Waals surface area contributed by atoms with Crippen LogP contribution in [0.3, 0.4) is 0 Å². The fraction of sp³-hybridized carbons (Fsp3) is 0.692. The largest absolute Gasteiger partial charge is 0.369 e. The monoisotopic (exact) mass is 312 g/mol. The van der Waals surface area contributed by atoms with Crippen molar-refractivity contribution in [3.05, 3.63) is 16.0 Å². The Bertz CT molecular complexity index is 431. The molecule has 100 valence electrons. The van der Waals surface area contributed by atoms with Crippen molar-refractivity contribution in [1.82, 2.24) is 15.3 Å². The molecule has 0 atom stereocenters. The molecule has 0 aromatic carbocycles. The van der Waals surface area contributed by atoms with Gasteiger partial charge in [-0.3, -0.25) is 0 Å². The van der Waals surface area contributed by atoms with Gasteiger partial charge in [-0.15, -0.1) is 0 Å². The maximum atomic E-state index is 4.48. The molecule has 0 bridgehead atoms. The summed E-state index contributed by atoms with van der Waals surface area (Å²) in [6.07, 6.45) is 2.12. The van der Waals surface area contributed by atoms with Gasteiger partial charge in [0.05, 0.1) is 5.69 Å². The van der Waals surface area contributed by atoms with E-state index in [-0.39, 0.29) is 5.41 Å². The second-order valence-corrected chi connectivity index (χ2v) is 6.27. The second-order valence-electron chi connectivity index (χ2n) is 5.56. The quantitative estimate of drug-likeness (QED) is 0.839. The number of aromatic nitrogens is 2. The third-order valence-electron chi connectivity index (χ3n) is 3.60. The van der Waals surface area contributed by atoms with Crippen LogP contribution in [-0.2, 0) is 13.0 Å². The predicted octanol–water partition coefficient (Wildman–Crippen LogP) is 2.73. The van der Waals surface area contributed by atoms with Gasteiger partial charge in [0.1, 0.15) is 5.82 Å². The minimum atomic E-state index is 0.284. The number of anilines is 1. The number of nitrogens with zero attached hydrogens (tertiary/aromatic N) is 2. The zero-order valence-corrected chi connectivity index (χ0v) is 12.9. The van der Waals surface area contributed by atoms with Crippen LogP contribution in [0.5, 0.6) is 0 Å². The van der Waals surface area contributed by atoms with Crippen LogP contribution in [0.25, 0.3) is 0 Å². The molecule has 0 saturated carbocycles. The highest BCUT2D eigenvalue weighted by Crippen LogP contribution is 2.25. The molecule has 0 fully saturated rings. The van der Waals surface area contributed by atoms with E-state index in [1.54, 1.807) is 0 Å². The molecule has 2 N–H and O–H groups in total. The summed E-state index contributed by atoms with van der Waals surface area (Å²) in [5.41, 5.74) is 2.66. The molecule has 1 aromatic rings. The van der Waals surface area contributed by atoms with Gasteiger partial charge in [0.25, 0.3) is 0 Å². The first kappa shape index (κ1) is 13.7. The summed E-state index contributed by atoms with van der Waals surface area (Å²) in [6.45, 7) is 9.53. The normalized spacial score (nSPS) is 15.3. The van der Waals surface area contributed by atoms with Gasteiger partial charge in [-0.2, -0.15) is 0 Å². The minimum Gasteiger partial charge on any atom is -0.369 e. The Morgan fingerprint density at radius 1 is 1.39 bits per heavy atom. The third-order valence-corrected chi connectivity index (χ3v) is 3.95. The van der Waals surface area contributed by atoms with E-state index in [4.69, 9.17) is 0 Å². The molecule has 1 aromatic heterocycles. The predicted molar refractivity (Wildman–Crippen MR) is 77.7 cm³/mol. The average molecular weight is 313 g/mol. The Morgan fingerprint density at radius 3 is 2.89 bits per heavy atom. The van der Waals surface area contributed by atoms with Gasteiger partial charge >= 0.3 is 0 Å². The van der Waals surface area contributed by atoms with Gasteiger partial charge in [-0.25, -0.2) is 9.97 Å². The summed E-state index contributed by atoms with van der Waals surface area (Å²) in [6, 6.07) is 0. The summed E-state index contributed by atoms with van der Waals surface area (Å²) in [5.74, 6) is 0.973. The van der Waals surface area contributed by atoms with Gasteiger partial charge in [0.2, 0.25) is 0 Å². The number of halogens is 1. The summed E-state index contributed by atoms with van der Waals surface area (Å²) >= 11 is 3.40. The van der Waals surface area contributed by atoms with Crippen molar-refractivity contribution in [2.45, 2.75) is 40.2 Å². The van der Waals surface area contributed by atoms with Gasteiger partial charge in [-0.05, 0) is 27.8 Å². The molecule has 1 aliphatic heterocycles. The Kier molecular flexibility index (Phi) is 4.22. The number of rotatable bonds is 4. The molecule has 5 heteroatoms. The maximum Gasteiger partial charge on any atom is 0.198 e. The molecule has 0 aliphatic carbocycles. The SMILES string of the molecule is CCC(C)(C)CNc1nc(Br)nc2c1CNCC2. The van der Waals surface area contributed by atoms with Crippen molar-refractivity contribution in [3.8, 4) is 0 Å². The first-order valence-electron chi connectivity index (χ1n) is 6.52. The summed E-state index contributed by atoms with van der Waals surface area (Å²) in [7, 11) is 0. The minimum absolute atomic E-state index is 0.284. The molecule has 18 heavy (non-hydrogen) atoms. The van der Waals surface area contributed by atoms with E-state index in [9.17, 15) is 0 Å². The smallest absolute Gasteiger partial charge is 0.198 e. The lowest BCUT2D eigenvalue weighted by Gasteiger charge is -2.25. The van der Waals surface area contributed by atoms with E-state index in [2.05, 4.69) is 57.3 Å². The van der Waals surface area contributed by atoms with Crippen LogP contribution in [0.4, 0.5) is 5.82 Å². The van der Waals surface area contributed by atoms with E-state index in [1.165, 1.54) is 5.56 Å². The van der Waals surface area contributed by atoms with Crippen LogP contribution >= 0.6 is 15.9 Å². The molecule has 0 saturated heterocycles. The maximum absolute atomic E-state index is 4.48. The van der Waals surface area contributed by atoms with Gasteiger partial charge in [0, 0.05) is 31.6 Å². The fourth-order valence-electron chi connectivity index (χ4n) is 1.91. The average Bonchev–Trinajstić information content (AvgIpc) is 2.36. The van der Waals surface area contributed by atoms with Crippen molar-refractivity contribution in [3.63, 3.8) is 0 Å². The van der Waals surface area contributed by atoms with Gasteiger partial charge in [-0.1, -0.05) is 20.8 Å². The Hall–Kier alpha value is -0.680. The van der Waals surface area contributed by atoms with E-state index >= 15 is 0 Å². The molecule has 0 radical (unpaired) electrons.